The van der Waals surface area contributed by atoms with Crippen LogP contribution in [0.2, 0.25) is 0 Å². The molecule has 126 valence electrons. The van der Waals surface area contributed by atoms with Crippen molar-refractivity contribution >= 4 is 38.6 Å². The Bertz CT molecular complexity index is 753. The van der Waals surface area contributed by atoms with Crippen molar-refractivity contribution < 1.29 is 9.53 Å². The number of ether oxygens (including phenoxy) is 1. The maximum Gasteiger partial charge on any atom is 0.251 e. The molecule has 2 aliphatic rings. The Morgan fingerprint density at radius 3 is 2.75 bits per heavy atom. The van der Waals surface area contributed by atoms with Crippen molar-refractivity contribution in [1.82, 2.24) is 9.88 Å². The summed E-state index contributed by atoms with van der Waals surface area (Å²) in [4.78, 5) is 21.4. The molecule has 4 rings (SSSR count). The van der Waals surface area contributed by atoms with Gasteiger partial charge < -0.3 is 14.5 Å². The number of carbonyl (C=O) groups is 1. The number of piperazine rings is 1. The lowest BCUT2D eigenvalue weighted by Gasteiger charge is -2.36. The fourth-order valence-corrected chi connectivity index (χ4v) is 3.88. The predicted molar refractivity (Wildman–Crippen MR) is 97.2 cm³/mol. The number of nitrogens with zero attached hydrogens (tertiary/aromatic N) is 3. The number of pyridine rings is 1. The summed E-state index contributed by atoms with van der Waals surface area (Å²) >= 11 is 3.57. The van der Waals surface area contributed by atoms with Crippen LogP contribution in [0.4, 0.5) is 5.82 Å². The van der Waals surface area contributed by atoms with Crippen molar-refractivity contribution in [2.75, 3.05) is 37.7 Å². The van der Waals surface area contributed by atoms with E-state index in [1.165, 1.54) is 0 Å². The zero-order valence-corrected chi connectivity index (χ0v) is 15.0. The molecule has 2 saturated heterocycles. The van der Waals surface area contributed by atoms with E-state index in [1.807, 2.05) is 17.0 Å². The zero-order chi connectivity index (χ0) is 16.5. The maximum absolute atomic E-state index is 12.4. The van der Waals surface area contributed by atoms with E-state index in [0.717, 1.165) is 60.2 Å². The summed E-state index contributed by atoms with van der Waals surface area (Å²) < 4.78 is 6.53. The van der Waals surface area contributed by atoms with Gasteiger partial charge in [0, 0.05) is 42.6 Å². The van der Waals surface area contributed by atoms with Crippen LogP contribution in [-0.2, 0) is 9.53 Å². The normalized spacial score (nSPS) is 21.5. The maximum atomic E-state index is 12.4. The number of halogens is 1. The molecular formula is C18H20BrN3O2. The van der Waals surface area contributed by atoms with Gasteiger partial charge in [0.2, 0.25) is 0 Å². The molecule has 0 bridgehead atoms. The van der Waals surface area contributed by atoms with Crippen molar-refractivity contribution in [1.29, 1.82) is 0 Å². The molecule has 1 unspecified atom stereocenters. The molecule has 24 heavy (non-hydrogen) atoms. The molecule has 3 heterocycles. The molecule has 2 aromatic rings. The molecule has 1 aromatic carbocycles. The highest BCUT2D eigenvalue weighted by molar-refractivity contribution is 9.10. The first-order chi connectivity index (χ1) is 11.7. The van der Waals surface area contributed by atoms with E-state index >= 15 is 0 Å². The van der Waals surface area contributed by atoms with Crippen molar-refractivity contribution in [2.45, 2.75) is 18.9 Å². The largest absolute Gasteiger partial charge is 0.368 e. The van der Waals surface area contributed by atoms with Crippen LogP contribution >= 0.6 is 15.9 Å². The van der Waals surface area contributed by atoms with E-state index in [-0.39, 0.29) is 12.0 Å². The molecule has 0 radical (unpaired) electrons. The van der Waals surface area contributed by atoms with Crippen LogP contribution in [0.15, 0.2) is 34.8 Å². The first kappa shape index (κ1) is 15.8. The smallest absolute Gasteiger partial charge is 0.251 e. The number of benzene rings is 1. The van der Waals surface area contributed by atoms with Crippen LogP contribution in [0.3, 0.4) is 0 Å². The van der Waals surface area contributed by atoms with Crippen LogP contribution in [-0.4, -0.2) is 54.7 Å². The summed E-state index contributed by atoms with van der Waals surface area (Å²) in [7, 11) is 0. The molecule has 0 aliphatic carbocycles. The fourth-order valence-electron chi connectivity index (χ4n) is 3.41. The molecule has 2 fully saturated rings. The third-order valence-corrected chi connectivity index (χ3v) is 5.42. The molecule has 0 N–H and O–H groups in total. The number of hydrogen-bond acceptors (Lipinski definition) is 4. The molecule has 1 atom stereocenters. The van der Waals surface area contributed by atoms with E-state index in [9.17, 15) is 4.79 Å². The van der Waals surface area contributed by atoms with Gasteiger partial charge in [-0.25, -0.2) is 4.98 Å². The third-order valence-electron chi connectivity index (χ3n) is 4.78. The van der Waals surface area contributed by atoms with Crippen LogP contribution in [0.25, 0.3) is 10.9 Å². The predicted octanol–water partition coefficient (Wildman–Crippen LogP) is 2.82. The second kappa shape index (κ2) is 6.69. The molecule has 0 saturated carbocycles. The lowest BCUT2D eigenvalue weighted by atomic mass is 10.2. The molecule has 1 amide bonds. The molecular weight excluding hydrogens is 370 g/mol. The van der Waals surface area contributed by atoms with Gasteiger partial charge in [-0.3, -0.25) is 4.79 Å². The van der Waals surface area contributed by atoms with E-state index < -0.39 is 0 Å². The number of aromatic nitrogens is 1. The summed E-state index contributed by atoms with van der Waals surface area (Å²) in [5.74, 6) is 1.12. The molecule has 2 aliphatic heterocycles. The van der Waals surface area contributed by atoms with Gasteiger partial charge in [0.05, 0.1) is 5.52 Å². The van der Waals surface area contributed by atoms with Crippen molar-refractivity contribution in [2.24, 2.45) is 0 Å². The number of carbonyl (C=O) groups excluding carboxylic acids is 1. The van der Waals surface area contributed by atoms with Gasteiger partial charge >= 0.3 is 0 Å². The Morgan fingerprint density at radius 1 is 1.17 bits per heavy atom. The van der Waals surface area contributed by atoms with E-state index in [4.69, 9.17) is 9.72 Å². The molecule has 1 aromatic heterocycles. The first-order valence-corrected chi connectivity index (χ1v) is 9.22. The van der Waals surface area contributed by atoms with E-state index in [1.54, 1.807) is 0 Å². The molecule has 6 heteroatoms. The van der Waals surface area contributed by atoms with Crippen LogP contribution < -0.4 is 4.90 Å². The summed E-state index contributed by atoms with van der Waals surface area (Å²) in [6.45, 7) is 3.79. The van der Waals surface area contributed by atoms with Gasteiger partial charge in [0.25, 0.3) is 5.91 Å². The number of fused-ring (bicyclic) bond motifs is 1. The fraction of sp³-hybridized carbons (Fsp3) is 0.444. The summed E-state index contributed by atoms with van der Waals surface area (Å²) in [6.07, 6.45) is 1.64. The average Bonchev–Trinajstić information content (AvgIpc) is 3.16. The topological polar surface area (TPSA) is 45.7 Å². The quantitative estimate of drug-likeness (QED) is 0.791. The van der Waals surface area contributed by atoms with E-state index in [0.29, 0.717) is 6.61 Å². The van der Waals surface area contributed by atoms with Crippen molar-refractivity contribution in [3.8, 4) is 0 Å². The molecule has 0 spiro atoms. The zero-order valence-electron chi connectivity index (χ0n) is 13.4. The SMILES string of the molecule is O=C(C1CCCO1)N1CCN(c2ccc3cccc(Br)c3n2)CC1. The van der Waals surface area contributed by atoms with Gasteiger partial charge in [-0.1, -0.05) is 12.1 Å². The second-order valence-electron chi connectivity index (χ2n) is 6.30. The Labute approximate surface area is 149 Å². The minimum absolute atomic E-state index is 0.154. The Hall–Kier alpha value is -1.66. The number of amides is 1. The van der Waals surface area contributed by atoms with Gasteiger partial charge in [0.1, 0.15) is 11.9 Å². The Kier molecular flexibility index (Phi) is 4.41. The van der Waals surface area contributed by atoms with Gasteiger partial charge in [-0.2, -0.15) is 0 Å². The highest BCUT2D eigenvalue weighted by Gasteiger charge is 2.30. The minimum Gasteiger partial charge on any atom is -0.368 e. The molecule has 5 nitrogen and oxygen atoms in total. The highest BCUT2D eigenvalue weighted by Crippen LogP contribution is 2.25. The summed E-state index contributed by atoms with van der Waals surface area (Å²) in [5.41, 5.74) is 0.980. The summed E-state index contributed by atoms with van der Waals surface area (Å²) in [5, 5.41) is 1.13. The van der Waals surface area contributed by atoms with Crippen LogP contribution in [0.1, 0.15) is 12.8 Å². The number of anilines is 1. The van der Waals surface area contributed by atoms with Crippen LogP contribution in [0, 0.1) is 0 Å². The van der Waals surface area contributed by atoms with E-state index in [2.05, 4.69) is 39.0 Å². The van der Waals surface area contributed by atoms with Gasteiger partial charge in [-0.15, -0.1) is 0 Å². The van der Waals surface area contributed by atoms with Crippen LogP contribution in [0.5, 0.6) is 0 Å². The van der Waals surface area contributed by atoms with Gasteiger partial charge in [0.15, 0.2) is 0 Å². The Morgan fingerprint density at radius 2 is 2.00 bits per heavy atom. The Balaban J connectivity index is 1.45. The lowest BCUT2D eigenvalue weighted by Crippen LogP contribution is -2.51. The monoisotopic (exact) mass is 389 g/mol. The van der Waals surface area contributed by atoms with Crippen molar-refractivity contribution in [3.05, 3.63) is 34.8 Å². The number of rotatable bonds is 2. The second-order valence-corrected chi connectivity index (χ2v) is 7.15. The number of para-hydroxylation sites is 1. The van der Waals surface area contributed by atoms with Crippen molar-refractivity contribution in [3.63, 3.8) is 0 Å². The highest BCUT2D eigenvalue weighted by atomic mass is 79.9. The first-order valence-electron chi connectivity index (χ1n) is 8.43. The third kappa shape index (κ3) is 3.00. The van der Waals surface area contributed by atoms with Gasteiger partial charge in [-0.05, 0) is 47.0 Å². The minimum atomic E-state index is -0.216. The number of hydrogen-bond donors (Lipinski definition) is 0. The average molecular weight is 390 g/mol. The lowest BCUT2D eigenvalue weighted by molar-refractivity contribution is -0.141. The summed E-state index contributed by atoms with van der Waals surface area (Å²) in [6, 6.07) is 10.3. The standard InChI is InChI=1S/C18H20BrN3O2/c19-14-4-1-3-13-6-7-16(20-17(13)14)21-8-10-22(11-9-21)18(23)15-5-2-12-24-15/h1,3-4,6-7,15H,2,5,8-12H2.